The number of hydrogen-bond acceptors (Lipinski definition) is 3. The fraction of sp³-hybridized carbons (Fsp3) is 0.571. The van der Waals surface area contributed by atoms with E-state index in [0.29, 0.717) is 18.4 Å². The van der Waals surface area contributed by atoms with Gasteiger partial charge in [0, 0.05) is 42.7 Å². The van der Waals surface area contributed by atoms with Crippen LogP contribution in [0, 0.1) is 31.6 Å². The second-order valence-electron chi connectivity index (χ2n) is 5.79. The number of carboxylic acids is 1. The number of aliphatic carboxylic acids is 1. The molecule has 1 unspecified atom stereocenters. The Morgan fingerprint density at radius 3 is 2.63 bits per heavy atom. The molecule has 5 heteroatoms. The van der Waals surface area contributed by atoms with Crippen molar-refractivity contribution in [2.45, 2.75) is 20.4 Å². The summed E-state index contributed by atoms with van der Waals surface area (Å²) in [5, 5.41) is 8.98. The first-order valence-electron chi connectivity index (χ1n) is 6.62. The number of aromatic nitrogens is 1. The first-order chi connectivity index (χ1) is 8.99. The SMILES string of the molecule is Cc1c[nH]c(CN2C[C@@H]3C(C(=O)O)[C@@H]3C2)c(C)c1=O. The van der Waals surface area contributed by atoms with E-state index in [2.05, 4.69) is 9.88 Å². The van der Waals surface area contributed by atoms with Crippen molar-refractivity contribution in [2.75, 3.05) is 13.1 Å². The van der Waals surface area contributed by atoms with E-state index < -0.39 is 5.97 Å². The Bertz CT molecular complexity index is 581. The number of piperidine rings is 1. The molecule has 0 bridgehead atoms. The van der Waals surface area contributed by atoms with Gasteiger partial charge in [-0.3, -0.25) is 14.5 Å². The molecule has 2 heterocycles. The number of fused-ring (bicyclic) bond motifs is 1. The molecule has 0 radical (unpaired) electrons. The van der Waals surface area contributed by atoms with Gasteiger partial charge in [-0.1, -0.05) is 0 Å². The number of rotatable bonds is 3. The monoisotopic (exact) mass is 262 g/mol. The maximum absolute atomic E-state index is 11.9. The minimum Gasteiger partial charge on any atom is -0.481 e. The number of aryl methyl sites for hydroxylation is 1. The van der Waals surface area contributed by atoms with E-state index in [4.69, 9.17) is 5.11 Å². The third kappa shape index (κ3) is 1.98. The summed E-state index contributed by atoms with van der Waals surface area (Å²) in [7, 11) is 0. The third-order valence-electron chi connectivity index (χ3n) is 4.55. The molecule has 1 aromatic rings. The molecular weight excluding hydrogens is 244 g/mol. The van der Waals surface area contributed by atoms with Gasteiger partial charge < -0.3 is 10.1 Å². The zero-order chi connectivity index (χ0) is 13.7. The first kappa shape index (κ1) is 12.4. The van der Waals surface area contributed by atoms with Gasteiger partial charge in [-0.25, -0.2) is 0 Å². The van der Waals surface area contributed by atoms with Crippen LogP contribution in [-0.4, -0.2) is 34.0 Å². The molecule has 2 fully saturated rings. The molecule has 1 aromatic heterocycles. The first-order valence-corrected chi connectivity index (χ1v) is 6.62. The number of pyridine rings is 1. The smallest absolute Gasteiger partial charge is 0.307 e. The zero-order valence-corrected chi connectivity index (χ0v) is 11.1. The summed E-state index contributed by atoms with van der Waals surface area (Å²) in [6, 6.07) is 0. The summed E-state index contributed by atoms with van der Waals surface area (Å²) in [6.45, 7) is 6.02. The Hall–Kier alpha value is -1.62. The Labute approximate surface area is 111 Å². The Kier molecular flexibility index (Phi) is 2.74. The van der Waals surface area contributed by atoms with E-state index in [9.17, 15) is 9.59 Å². The molecule has 102 valence electrons. The standard InChI is InChI=1S/C14H18N2O3/c1-7-3-15-11(8(2)13(7)17)6-16-4-9-10(5-16)12(9)14(18)19/h3,9-10,12H,4-6H2,1-2H3,(H,15,17)(H,18,19)/t9-,10+,12?. The highest BCUT2D eigenvalue weighted by Gasteiger charge is 2.59. The van der Waals surface area contributed by atoms with Crippen LogP contribution in [0.25, 0.3) is 0 Å². The maximum atomic E-state index is 11.9. The lowest BCUT2D eigenvalue weighted by atomic mass is 10.1. The predicted octanol–water partition coefficient (Wildman–Crippen LogP) is 0.754. The quantitative estimate of drug-likeness (QED) is 0.843. The van der Waals surface area contributed by atoms with Crippen molar-refractivity contribution < 1.29 is 9.90 Å². The van der Waals surface area contributed by atoms with Crippen LogP contribution < -0.4 is 5.43 Å². The van der Waals surface area contributed by atoms with Crippen molar-refractivity contribution in [2.24, 2.45) is 17.8 Å². The highest BCUT2D eigenvalue weighted by atomic mass is 16.4. The number of carbonyl (C=O) groups is 1. The second kappa shape index (κ2) is 4.20. The number of carboxylic acid groups (broad SMARTS) is 1. The summed E-state index contributed by atoms with van der Waals surface area (Å²) in [6.07, 6.45) is 1.75. The largest absolute Gasteiger partial charge is 0.481 e. The molecule has 3 rings (SSSR count). The molecule has 2 N–H and O–H groups in total. The minimum atomic E-state index is -0.658. The number of likely N-dealkylation sites (tertiary alicyclic amines) is 1. The highest BCUT2D eigenvalue weighted by Crippen LogP contribution is 2.51. The van der Waals surface area contributed by atoms with Crippen molar-refractivity contribution >= 4 is 5.97 Å². The van der Waals surface area contributed by atoms with E-state index in [0.717, 1.165) is 29.9 Å². The lowest BCUT2D eigenvalue weighted by Gasteiger charge is -2.19. The number of H-pyrrole nitrogens is 1. The fourth-order valence-electron chi connectivity index (χ4n) is 3.30. The van der Waals surface area contributed by atoms with Gasteiger partial charge in [0.05, 0.1) is 5.92 Å². The summed E-state index contributed by atoms with van der Waals surface area (Å²) < 4.78 is 0. The summed E-state index contributed by atoms with van der Waals surface area (Å²) in [5.74, 6) is -0.158. The van der Waals surface area contributed by atoms with Gasteiger partial charge in [0.15, 0.2) is 5.43 Å². The van der Waals surface area contributed by atoms with Crippen LogP contribution in [0.3, 0.4) is 0 Å². The molecule has 0 amide bonds. The predicted molar refractivity (Wildman–Crippen MR) is 69.9 cm³/mol. The van der Waals surface area contributed by atoms with Crippen LogP contribution in [0.4, 0.5) is 0 Å². The average molecular weight is 262 g/mol. The van der Waals surface area contributed by atoms with Crippen LogP contribution in [0.1, 0.15) is 16.8 Å². The van der Waals surface area contributed by atoms with E-state index in [1.54, 1.807) is 13.1 Å². The van der Waals surface area contributed by atoms with Gasteiger partial charge in [-0.05, 0) is 25.7 Å². The van der Waals surface area contributed by atoms with Gasteiger partial charge in [0.25, 0.3) is 0 Å². The fourth-order valence-corrected chi connectivity index (χ4v) is 3.30. The van der Waals surface area contributed by atoms with Gasteiger partial charge >= 0.3 is 5.97 Å². The molecule has 19 heavy (non-hydrogen) atoms. The van der Waals surface area contributed by atoms with Crippen molar-refractivity contribution in [3.05, 3.63) is 33.2 Å². The van der Waals surface area contributed by atoms with E-state index in [-0.39, 0.29) is 11.3 Å². The molecule has 1 aliphatic heterocycles. The zero-order valence-electron chi connectivity index (χ0n) is 11.1. The average Bonchev–Trinajstić information content (AvgIpc) is 2.88. The van der Waals surface area contributed by atoms with Crippen LogP contribution in [0.2, 0.25) is 0 Å². The molecule has 1 saturated heterocycles. The Morgan fingerprint density at radius 1 is 1.42 bits per heavy atom. The summed E-state index contributed by atoms with van der Waals surface area (Å²) in [5.41, 5.74) is 2.55. The van der Waals surface area contributed by atoms with Crippen LogP contribution in [0.15, 0.2) is 11.0 Å². The number of hydrogen-bond donors (Lipinski definition) is 2. The van der Waals surface area contributed by atoms with Gasteiger partial charge in [-0.15, -0.1) is 0 Å². The number of aromatic amines is 1. The van der Waals surface area contributed by atoms with Crippen LogP contribution in [-0.2, 0) is 11.3 Å². The third-order valence-corrected chi connectivity index (χ3v) is 4.55. The van der Waals surface area contributed by atoms with E-state index in [1.165, 1.54) is 0 Å². The lowest BCUT2D eigenvalue weighted by molar-refractivity contribution is -0.139. The van der Waals surface area contributed by atoms with Crippen molar-refractivity contribution in [1.82, 2.24) is 9.88 Å². The number of nitrogens with zero attached hydrogens (tertiary/aromatic N) is 1. The van der Waals surface area contributed by atoms with Gasteiger partial charge in [0.1, 0.15) is 0 Å². The van der Waals surface area contributed by atoms with Crippen molar-refractivity contribution in [1.29, 1.82) is 0 Å². The van der Waals surface area contributed by atoms with Crippen LogP contribution >= 0.6 is 0 Å². The molecule has 5 nitrogen and oxygen atoms in total. The maximum Gasteiger partial charge on any atom is 0.307 e. The normalized spacial score (nSPS) is 29.3. The van der Waals surface area contributed by atoms with Crippen LogP contribution in [0.5, 0.6) is 0 Å². The minimum absolute atomic E-state index is 0.0986. The molecule has 1 saturated carbocycles. The summed E-state index contributed by atoms with van der Waals surface area (Å²) >= 11 is 0. The Balaban J connectivity index is 1.68. The van der Waals surface area contributed by atoms with E-state index in [1.807, 2.05) is 6.92 Å². The molecular formula is C14H18N2O3. The molecule has 2 aliphatic rings. The van der Waals surface area contributed by atoms with Crippen molar-refractivity contribution in [3.8, 4) is 0 Å². The molecule has 3 atom stereocenters. The molecule has 0 aromatic carbocycles. The van der Waals surface area contributed by atoms with Gasteiger partial charge in [0.2, 0.25) is 0 Å². The highest BCUT2D eigenvalue weighted by molar-refractivity contribution is 5.74. The Morgan fingerprint density at radius 2 is 2.05 bits per heavy atom. The topological polar surface area (TPSA) is 73.4 Å². The summed E-state index contributed by atoms with van der Waals surface area (Å²) in [4.78, 5) is 28.2. The second-order valence-corrected chi connectivity index (χ2v) is 5.79. The number of nitrogens with one attached hydrogen (secondary N) is 1. The molecule has 1 aliphatic carbocycles. The van der Waals surface area contributed by atoms with Crippen molar-refractivity contribution in [3.63, 3.8) is 0 Å². The van der Waals surface area contributed by atoms with Gasteiger partial charge in [-0.2, -0.15) is 0 Å². The van der Waals surface area contributed by atoms with E-state index >= 15 is 0 Å². The lowest BCUT2D eigenvalue weighted by Crippen LogP contribution is -2.28. The molecule has 0 spiro atoms.